The summed E-state index contributed by atoms with van der Waals surface area (Å²) in [5, 5.41) is 4.68. The zero-order valence-corrected chi connectivity index (χ0v) is 20.7. The Bertz CT molecular complexity index is 1510. The summed E-state index contributed by atoms with van der Waals surface area (Å²) in [7, 11) is 0. The average molecular weight is 526 g/mol. The maximum Gasteiger partial charge on any atom is 0.337 e. The third-order valence-corrected chi connectivity index (χ3v) is 7.05. The summed E-state index contributed by atoms with van der Waals surface area (Å²) in [5.41, 5.74) is 2.63. The van der Waals surface area contributed by atoms with E-state index in [9.17, 15) is 9.18 Å². The maximum atomic E-state index is 15.3. The highest BCUT2D eigenvalue weighted by molar-refractivity contribution is 5.86. The molecular formula is C27H26F3N5O3. The molecule has 6 rings (SSSR count). The van der Waals surface area contributed by atoms with Gasteiger partial charge in [0.25, 0.3) is 0 Å². The fraction of sp³-hybridized carbons (Fsp3) is 0.370. The van der Waals surface area contributed by atoms with Crippen LogP contribution in [0.2, 0.25) is 0 Å². The molecule has 0 amide bonds. The van der Waals surface area contributed by atoms with Gasteiger partial charge in [-0.1, -0.05) is 6.07 Å². The Labute approximate surface area is 216 Å². The highest BCUT2D eigenvalue weighted by Gasteiger charge is 2.35. The Morgan fingerprint density at radius 1 is 1.16 bits per heavy atom. The molecule has 11 heteroatoms. The van der Waals surface area contributed by atoms with Crippen molar-refractivity contribution in [1.29, 1.82) is 0 Å². The topological polar surface area (TPSA) is 74.4 Å². The highest BCUT2D eigenvalue weighted by atomic mass is 19.1. The van der Waals surface area contributed by atoms with Crippen LogP contribution in [-0.4, -0.2) is 64.4 Å². The second kappa shape index (κ2) is 9.79. The number of aromatic nitrogens is 4. The van der Waals surface area contributed by atoms with Gasteiger partial charge in [-0.2, -0.15) is 5.10 Å². The molecule has 2 aromatic carbocycles. The number of imidazole rings is 1. The first-order valence-corrected chi connectivity index (χ1v) is 12.6. The molecule has 2 atom stereocenters. The minimum Gasteiger partial charge on any atom is -0.464 e. The summed E-state index contributed by atoms with van der Waals surface area (Å²) in [6.07, 6.45) is 1.97. The fourth-order valence-electron chi connectivity index (χ4n) is 5.23. The number of carbonyl (C=O) groups is 1. The van der Waals surface area contributed by atoms with E-state index in [2.05, 4.69) is 10.1 Å². The number of anilines is 1. The van der Waals surface area contributed by atoms with Crippen LogP contribution in [0.5, 0.6) is 0 Å². The molecule has 4 aromatic rings. The highest BCUT2D eigenvalue weighted by Crippen LogP contribution is 2.33. The predicted molar refractivity (Wildman–Crippen MR) is 134 cm³/mol. The van der Waals surface area contributed by atoms with Gasteiger partial charge >= 0.3 is 5.97 Å². The Kier molecular flexibility index (Phi) is 6.30. The van der Waals surface area contributed by atoms with Gasteiger partial charge in [0, 0.05) is 31.4 Å². The first-order valence-electron chi connectivity index (χ1n) is 12.6. The van der Waals surface area contributed by atoms with Crippen LogP contribution in [0, 0.1) is 11.6 Å². The van der Waals surface area contributed by atoms with Crippen LogP contribution in [0.3, 0.4) is 0 Å². The molecule has 0 aliphatic carbocycles. The molecule has 1 saturated heterocycles. The molecule has 0 radical (unpaired) electrons. The van der Waals surface area contributed by atoms with E-state index in [4.69, 9.17) is 9.47 Å². The lowest BCUT2D eigenvalue weighted by Gasteiger charge is -2.29. The molecule has 0 bridgehead atoms. The Hall–Kier alpha value is -3.86. The molecule has 1 fully saturated rings. The minimum atomic E-state index is -1.10. The molecule has 4 heterocycles. The van der Waals surface area contributed by atoms with E-state index >= 15 is 8.78 Å². The van der Waals surface area contributed by atoms with Gasteiger partial charge in [-0.25, -0.2) is 22.9 Å². The van der Waals surface area contributed by atoms with Gasteiger partial charge in [-0.05, 0) is 42.3 Å². The molecule has 0 spiro atoms. The van der Waals surface area contributed by atoms with Crippen LogP contribution in [0.15, 0.2) is 42.9 Å². The minimum absolute atomic E-state index is 0.122. The molecular weight excluding hydrogens is 499 g/mol. The molecule has 8 nitrogen and oxygen atoms in total. The van der Waals surface area contributed by atoms with Crippen molar-refractivity contribution in [2.75, 3.05) is 37.8 Å². The van der Waals surface area contributed by atoms with Crippen LogP contribution in [0.4, 0.5) is 18.9 Å². The van der Waals surface area contributed by atoms with Crippen molar-refractivity contribution >= 4 is 22.6 Å². The van der Waals surface area contributed by atoms with Gasteiger partial charge in [0.2, 0.25) is 0 Å². The molecule has 2 aliphatic heterocycles. The largest absolute Gasteiger partial charge is 0.464 e. The number of rotatable bonds is 6. The lowest BCUT2D eigenvalue weighted by Crippen LogP contribution is -2.36. The number of nitrogens with zero attached hydrogens (tertiary/aromatic N) is 5. The zero-order valence-electron chi connectivity index (χ0n) is 20.7. The third-order valence-electron chi connectivity index (χ3n) is 7.05. The number of morpholine rings is 1. The van der Waals surface area contributed by atoms with Crippen molar-refractivity contribution in [3.63, 3.8) is 0 Å². The van der Waals surface area contributed by atoms with Gasteiger partial charge in [-0.3, -0.25) is 4.68 Å². The van der Waals surface area contributed by atoms with Gasteiger partial charge in [0.15, 0.2) is 6.04 Å². The predicted octanol–water partition coefficient (Wildman–Crippen LogP) is 4.06. The number of carbonyl (C=O) groups excluding carboxylic acids is 1. The normalized spacial score (nSPS) is 18.1. The molecule has 1 unspecified atom stereocenters. The van der Waals surface area contributed by atoms with E-state index in [1.54, 1.807) is 29.7 Å². The molecule has 198 valence electrons. The van der Waals surface area contributed by atoms with Crippen molar-refractivity contribution in [1.82, 2.24) is 19.3 Å². The fourth-order valence-corrected chi connectivity index (χ4v) is 5.23. The lowest BCUT2D eigenvalue weighted by atomic mass is 10.0. The average Bonchev–Trinajstić information content (AvgIpc) is 3.60. The number of alkyl halides is 1. The van der Waals surface area contributed by atoms with E-state index < -0.39 is 29.8 Å². The van der Waals surface area contributed by atoms with Crippen molar-refractivity contribution in [2.24, 2.45) is 0 Å². The van der Waals surface area contributed by atoms with Gasteiger partial charge in [0.1, 0.15) is 17.8 Å². The van der Waals surface area contributed by atoms with Crippen molar-refractivity contribution < 1.29 is 27.4 Å². The van der Waals surface area contributed by atoms with Crippen molar-refractivity contribution in [3.8, 4) is 11.1 Å². The van der Waals surface area contributed by atoms with Crippen LogP contribution < -0.4 is 4.90 Å². The summed E-state index contributed by atoms with van der Waals surface area (Å²) in [5.74, 6) is -1.59. The standard InChI is InChI=1S/C27H26F3N5O3/c1-2-38-27(36)26(25-24-12-18(28)13-34(24)15-31-25)35-14-19-20(29)10-17(11-22(19)32-35)16-3-4-23(21(30)9-16)33-5-7-37-8-6-33/h3-4,9-11,14-15,18,26H,2,5-8,12-13H2,1H3/t18-,26?/m1/s1. The van der Waals surface area contributed by atoms with Gasteiger partial charge in [-0.15, -0.1) is 0 Å². The Balaban J connectivity index is 1.38. The first-order chi connectivity index (χ1) is 18.4. The summed E-state index contributed by atoms with van der Waals surface area (Å²) < 4.78 is 58.0. The number of hydrogen-bond donors (Lipinski definition) is 0. The van der Waals surface area contributed by atoms with Crippen molar-refractivity contribution in [3.05, 3.63) is 65.9 Å². The molecule has 38 heavy (non-hydrogen) atoms. The summed E-state index contributed by atoms with van der Waals surface area (Å²) >= 11 is 0. The van der Waals surface area contributed by atoms with E-state index in [1.165, 1.54) is 29.3 Å². The quantitative estimate of drug-likeness (QED) is 0.354. The number of halogens is 3. The number of hydrogen-bond acceptors (Lipinski definition) is 6. The number of ether oxygens (including phenoxy) is 2. The third kappa shape index (κ3) is 4.30. The molecule has 0 N–H and O–H groups in total. The van der Waals surface area contributed by atoms with E-state index in [-0.39, 0.29) is 30.5 Å². The second-order valence-corrected chi connectivity index (χ2v) is 9.45. The van der Waals surface area contributed by atoms with E-state index in [0.717, 1.165) is 0 Å². The van der Waals surface area contributed by atoms with Crippen molar-refractivity contribution in [2.45, 2.75) is 32.1 Å². The molecule has 2 aliphatic rings. The van der Waals surface area contributed by atoms with E-state index in [0.29, 0.717) is 54.5 Å². The lowest BCUT2D eigenvalue weighted by molar-refractivity contribution is -0.146. The number of benzene rings is 2. The number of esters is 1. The van der Waals surface area contributed by atoms with Gasteiger partial charge in [0.05, 0.1) is 55.0 Å². The first kappa shape index (κ1) is 24.5. The van der Waals surface area contributed by atoms with Crippen LogP contribution in [-0.2, 0) is 27.2 Å². The second-order valence-electron chi connectivity index (χ2n) is 9.45. The maximum absolute atomic E-state index is 15.3. The molecule has 2 aromatic heterocycles. The summed E-state index contributed by atoms with van der Waals surface area (Å²) in [6.45, 7) is 4.24. The summed E-state index contributed by atoms with van der Waals surface area (Å²) in [6, 6.07) is 6.68. The smallest absolute Gasteiger partial charge is 0.337 e. The summed E-state index contributed by atoms with van der Waals surface area (Å²) in [4.78, 5) is 19.3. The monoisotopic (exact) mass is 525 g/mol. The zero-order chi connectivity index (χ0) is 26.4. The van der Waals surface area contributed by atoms with Crippen LogP contribution in [0.25, 0.3) is 22.0 Å². The van der Waals surface area contributed by atoms with E-state index in [1.807, 2.05) is 4.90 Å². The SMILES string of the molecule is CCOC(=O)C(c1ncn2c1C[C@@H](F)C2)n1cc2c(F)cc(-c3ccc(N4CCOCC4)c(F)c3)cc2n1. The number of fused-ring (bicyclic) bond motifs is 2. The van der Waals surface area contributed by atoms with Gasteiger partial charge < -0.3 is 18.9 Å². The molecule has 0 saturated carbocycles. The van der Waals surface area contributed by atoms with Crippen LogP contribution >= 0.6 is 0 Å². The Morgan fingerprint density at radius 2 is 1.95 bits per heavy atom. The van der Waals surface area contributed by atoms with Crippen LogP contribution in [0.1, 0.15) is 24.4 Å². The Morgan fingerprint density at radius 3 is 2.71 bits per heavy atom.